The highest BCUT2D eigenvalue weighted by Crippen LogP contribution is 2.19. The van der Waals surface area contributed by atoms with Crippen molar-refractivity contribution in [1.82, 2.24) is 9.62 Å². The summed E-state index contributed by atoms with van der Waals surface area (Å²) in [6.45, 7) is 1.04. The summed E-state index contributed by atoms with van der Waals surface area (Å²) < 4.78 is 29.5. The number of sulfonamides is 1. The smallest absolute Gasteiger partial charge is 0.223 e. The molecule has 7 heteroatoms. The lowest BCUT2D eigenvalue weighted by atomic mass is 9.97. The molecule has 1 fully saturated rings. The van der Waals surface area contributed by atoms with Crippen molar-refractivity contribution < 1.29 is 17.9 Å². The molecule has 1 aliphatic rings. The standard InChI is InChI=1S/C17H22N2O4S/c1-23-16-8-4-3-6-14(16)7-5-11-18-17(20)15-9-12-19(13-10-15)24(2,21)22/h3-4,6,8,15H,9-13H2,1-2H3,(H,18,20). The van der Waals surface area contributed by atoms with Gasteiger partial charge in [-0.1, -0.05) is 24.0 Å². The van der Waals surface area contributed by atoms with Gasteiger partial charge in [0.05, 0.1) is 25.5 Å². The van der Waals surface area contributed by atoms with Gasteiger partial charge in [0, 0.05) is 19.0 Å². The topological polar surface area (TPSA) is 75.7 Å². The maximum absolute atomic E-state index is 12.1. The number of ether oxygens (including phenoxy) is 1. The number of carbonyl (C=O) groups is 1. The third-order valence-corrected chi connectivity index (χ3v) is 5.28. The summed E-state index contributed by atoms with van der Waals surface area (Å²) in [5.41, 5.74) is 0.774. The average Bonchev–Trinajstić information content (AvgIpc) is 2.58. The molecule has 2 rings (SSSR count). The summed E-state index contributed by atoms with van der Waals surface area (Å²) in [7, 11) is -1.58. The minimum atomic E-state index is -3.17. The monoisotopic (exact) mass is 350 g/mol. The van der Waals surface area contributed by atoms with Gasteiger partial charge in [-0.15, -0.1) is 0 Å². The average molecular weight is 350 g/mol. The van der Waals surface area contributed by atoms with Gasteiger partial charge in [0.1, 0.15) is 5.75 Å². The lowest BCUT2D eigenvalue weighted by Crippen LogP contribution is -2.42. The zero-order valence-corrected chi connectivity index (χ0v) is 14.7. The van der Waals surface area contributed by atoms with Gasteiger partial charge in [-0.25, -0.2) is 12.7 Å². The van der Waals surface area contributed by atoms with E-state index in [-0.39, 0.29) is 18.4 Å². The summed E-state index contributed by atoms with van der Waals surface area (Å²) in [4.78, 5) is 12.1. The Kier molecular flexibility index (Phi) is 6.23. The maximum atomic E-state index is 12.1. The third-order valence-electron chi connectivity index (χ3n) is 3.97. The third kappa shape index (κ3) is 4.98. The number of methoxy groups -OCH3 is 1. The number of para-hydroxylation sites is 1. The van der Waals surface area contributed by atoms with E-state index in [0.29, 0.717) is 31.7 Å². The first-order valence-corrected chi connectivity index (χ1v) is 9.61. The Labute approximate surface area is 143 Å². The van der Waals surface area contributed by atoms with Gasteiger partial charge in [0.25, 0.3) is 0 Å². The van der Waals surface area contributed by atoms with Crippen molar-refractivity contribution in [3.05, 3.63) is 29.8 Å². The maximum Gasteiger partial charge on any atom is 0.223 e. The molecule has 0 saturated carbocycles. The van der Waals surface area contributed by atoms with E-state index in [0.717, 1.165) is 5.56 Å². The van der Waals surface area contributed by atoms with Crippen LogP contribution in [0.2, 0.25) is 0 Å². The van der Waals surface area contributed by atoms with Crippen molar-refractivity contribution in [1.29, 1.82) is 0 Å². The van der Waals surface area contributed by atoms with Gasteiger partial charge in [0.15, 0.2) is 0 Å². The Morgan fingerprint density at radius 3 is 2.62 bits per heavy atom. The summed E-state index contributed by atoms with van der Waals surface area (Å²) in [6, 6.07) is 7.43. The number of piperidine rings is 1. The quantitative estimate of drug-likeness (QED) is 0.817. The van der Waals surface area contributed by atoms with E-state index < -0.39 is 10.0 Å². The fraction of sp³-hybridized carbons (Fsp3) is 0.471. The summed E-state index contributed by atoms with van der Waals surface area (Å²) in [5.74, 6) is 6.35. The minimum absolute atomic E-state index is 0.0718. The molecular formula is C17H22N2O4S. The second-order valence-corrected chi connectivity index (χ2v) is 7.64. The first-order valence-electron chi connectivity index (χ1n) is 7.76. The van der Waals surface area contributed by atoms with Crippen molar-refractivity contribution in [2.75, 3.05) is 33.0 Å². The summed E-state index contributed by atoms with van der Waals surface area (Å²) >= 11 is 0. The largest absolute Gasteiger partial charge is 0.495 e. The van der Waals surface area contributed by atoms with E-state index in [2.05, 4.69) is 17.2 Å². The normalized spacial score (nSPS) is 16.1. The van der Waals surface area contributed by atoms with E-state index in [1.807, 2.05) is 24.3 Å². The molecule has 1 saturated heterocycles. The van der Waals surface area contributed by atoms with Crippen molar-refractivity contribution in [3.8, 4) is 17.6 Å². The van der Waals surface area contributed by atoms with Gasteiger partial charge < -0.3 is 10.1 Å². The van der Waals surface area contributed by atoms with Gasteiger partial charge in [-0.2, -0.15) is 0 Å². The molecule has 130 valence electrons. The first-order chi connectivity index (χ1) is 11.4. The molecule has 0 atom stereocenters. The van der Waals surface area contributed by atoms with Crippen LogP contribution in [0.25, 0.3) is 0 Å². The van der Waals surface area contributed by atoms with Crippen molar-refractivity contribution in [3.63, 3.8) is 0 Å². The van der Waals surface area contributed by atoms with E-state index >= 15 is 0 Å². The number of carbonyl (C=O) groups excluding carboxylic acids is 1. The SMILES string of the molecule is COc1ccccc1C#CCNC(=O)C1CCN(S(C)(=O)=O)CC1. The Morgan fingerprint density at radius 2 is 2.00 bits per heavy atom. The van der Waals surface area contributed by atoms with Gasteiger partial charge in [-0.05, 0) is 25.0 Å². The lowest BCUT2D eigenvalue weighted by Gasteiger charge is -2.29. The molecule has 1 heterocycles. The number of nitrogens with zero attached hydrogens (tertiary/aromatic N) is 1. The molecule has 1 aliphatic heterocycles. The molecule has 0 aliphatic carbocycles. The summed E-state index contributed by atoms with van der Waals surface area (Å²) in [5, 5.41) is 2.79. The zero-order chi connectivity index (χ0) is 17.6. The molecule has 0 spiro atoms. The Hall–Kier alpha value is -2.04. The molecule has 0 unspecified atom stereocenters. The molecule has 0 aromatic heterocycles. The Morgan fingerprint density at radius 1 is 1.33 bits per heavy atom. The molecule has 1 amide bonds. The lowest BCUT2D eigenvalue weighted by molar-refractivity contribution is -0.125. The Bertz CT molecular complexity index is 741. The van der Waals surface area contributed by atoms with E-state index in [9.17, 15) is 13.2 Å². The van der Waals surface area contributed by atoms with Crippen LogP contribution in [0.4, 0.5) is 0 Å². The highest BCUT2D eigenvalue weighted by atomic mass is 32.2. The first kappa shape index (κ1) is 18.3. The van der Waals surface area contributed by atoms with Crippen molar-refractivity contribution >= 4 is 15.9 Å². The number of hydrogen-bond donors (Lipinski definition) is 1. The predicted octanol–water partition coefficient (Wildman–Crippen LogP) is 0.835. The van der Waals surface area contributed by atoms with Crippen LogP contribution in [-0.4, -0.2) is 51.6 Å². The van der Waals surface area contributed by atoms with E-state index in [4.69, 9.17) is 4.74 Å². The van der Waals surface area contributed by atoms with Crippen LogP contribution in [0.1, 0.15) is 18.4 Å². The number of benzene rings is 1. The van der Waals surface area contributed by atoms with Crippen molar-refractivity contribution in [2.45, 2.75) is 12.8 Å². The summed E-state index contributed by atoms with van der Waals surface area (Å²) in [6.07, 6.45) is 2.28. The van der Waals surface area contributed by atoms with Crippen LogP contribution < -0.4 is 10.1 Å². The molecule has 6 nitrogen and oxygen atoms in total. The van der Waals surface area contributed by atoms with Crippen LogP contribution in [0.3, 0.4) is 0 Å². The van der Waals surface area contributed by atoms with Crippen LogP contribution >= 0.6 is 0 Å². The van der Waals surface area contributed by atoms with Gasteiger partial charge in [0.2, 0.25) is 15.9 Å². The van der Waals surface area contributed by atoms with Gasteiger partial charge >= 0.3 is 0 Å². The molecule has 0 bridgehead atoms. The van der Waals surface area contributed by atoms with Crippen LogP contribution in [0.15, 0.2) is 24.3 Å². The number of hydrogen-bond acceptors (Lipinski definition) is 4. The second-order valence-electron chi connectivity index (χ2n) is 5.66. The van der Waals surface area contributed by atoms with Crippen LogP contribution in [0, 0.1) is 17.8 Å². The molecule has 1 aromatic carbocycles. The van der Waals surface area contributed by atoms with E-state index in [1.54, 1.807) is 7.11 Å². The highest BCUT2D eigenvalue weighted by Gasteiger charge is 2.28. The molecule has 1 N–H and O–H groups in total. The zero-order valence-electron chi connectivity index (χ0n) is 13.9. The second kappa shape index (κ2) is 8.18. The molecule has 0 radical (unpaired) electrons. The van der Waals surface area contributed by atoms with Gasteiger partial charge in [-0.3, -0.25) is 4.79 Å². The molecule has 24 heavy (non-hydrogen) atoms. The minimum Gasteiger partial charge on any atom is -0.495 e. The number of rotatable bonds is 4. The number of amides is 1. The van der Waals surface area contributed by atoms with Crippen LogP contribution in [-0.2, 0) is 14.8 Å². The molecule has 1 aromatic rings. The molecular weight excluding hydrogens is 328 g/mol. The fourth-order valence-electron chi connectivity index (χ4n) is 2.61. The number of nitrogens with one attached hydrogen (secondary N) is 1. The predicted molar refractivity (Wildman–Crippen MR) is 92.0 cm³/mol. The fourth-order valence-corrected chi connectivity index (χ4v) is 3.49. The van der Waals surface area contributed by atoms with E-state index in [1.165, 1.54) is 10.6 Å². The Balaban J connectivity index is 1.82. The van der Waals surface area contributed by atoms with Crippen LogP contribution in [0.5, 0.6) is 5.75 Å². The highest BCUT2D eigenvalue weighted by molar-refractivity contribution is 7.88. The van der Waals surface area contributed by atoms with Crippen molar-refractivity contribution in [2.24, 2.45) is 5.92 Å².